The highest BCUT2D eigenvalue weighted by atomic mass is 16.3. The lowest BCUT2D eigenvalue weighted by Crippen LogP contribution is -2.53. The van der Waals surface area contributed by atoms with Gasteiger partial charge in [0.1, 0.15) is 6.04 Å². The van der Waals surface area contributed by atoms with Crippen molar-refractivity contribution in [3.8, 4) is 0 Å². The number of hydrogen-bond acceptors (Lipinski definition) is 4. The Morgan fingerprint density at radius 2 is 1.55 bits per heavy atom. The summed E-state index contributed by atoms with van der Waals surface area (Å²) in [6.45, 7) is 1.03. The van der Waals surface area contributed by atoms with Crippen LogP contribution in [0.5, 0.6) is 0 Å². The van der Waals surface area contributed by atoms with Crippen molar-refractivity contribution in [2.24, 2.45) is 0 Å². The topological polar surface area (TPSA) is 91.7 Å². The molecule has 7 heteroatoms. The zero-order valence-electron chi connectivity index (χ0n) is 18.3. The van der Waals surface area contributed by atoms with Crippen LogP contribution in [0.1, 0.15) is 39.3 Å². The molecule has 170 valence electrons. The molecule has 3 amide bonds. The van der Waals surface area contributed by atoms with Crippen LogP contribution in [0.3, 0.4) is 0 Å². The number of rotatable bonds is 7. The summed E-state index contributed by atoms with van der Waals surface area (Å²) in [6, 6.07) is 21.2. The molecule has 3 aromatic rings. The third kappa shape index (κ3) is 5.88. The van der Waals surface area contributed by atoms with Gasteiger partial charge >= 0.3 is 0 Å². The van der Waals surface area contributed by atoms with Crippen LogP contribution < -0.4 is 10.6 Å². The summed E-state index contributed by atoms with van der Waals surface area (Å²) in [7, 11) is 0. The molecule has 2 N–H and O–H groups in total. The van der Waals surface area contributed by atoms with Crippen LogP contribution in [-0.2, 0) is 11.2 Å². The predicted octanol–water partition coefficient (Wildman–Crippen LogP) is 3.04. The highest BCUT2D eigenvalue weighted by molar-refractivity contribution is 5.96. The van der Waals surface area contributed by atoms with Crippen molar-refractivity contribution in [3.05, 3.63) is 95.9 Å². The Morgan fingerprint density at radius 3 is 2.18 bits per heavy atom. The SMILES string of the molecule is O=C(NC1CCN(C(=O)[C@@H](Cc2ccccc2)NC(=O)c2ccco2)CC1)c1ccccc1. The normalized spacial score (nSPS) is 15.0. The first-order valence-electron chi connectivity index (χ1n) is 11.1. The zero-order valence-corrected chi connectivity index (χ0v) is 18.3. The average Bonchev–Trinajstić information content (AvgIpc) is 3.40. The van der Waals surface area contributed by atoms with E-state index in [-0.39, 0.29) is 23.6 Å². The van der Waals surface area contributed by atoms with E-state index < -0.39 is 11.9 Å². The van der Waals surface area contributed by atoms with E-state index in [1.165, 1.54) is 6.26 Å². The largest absolute Gasteiger partial charge is 0.459 e. The summed E-state index contributed by atoms with van der Waals surface area (Å²) in [6.07, 6.45) is 3.14. The van der Waals surface area contributed by atoms with Crippen LogP contribution >= 0.6 is 0 Å². The summed E-state index contributed by atoms with van der Waals surface area (Å²) in [5.41, 5.74) is 1.58. The Hall–Kier alpha value is -3.87. The Kier molecular flexibility index (Phi) is 7.19. The first-order valence-corrected chi connectivity index (χ1v) is 11.1. The van der Waals surface area contributed by atoms with Crippen LogP contribution in [0.2, 0.25) is 0 Å². The molecule has 1 atom stereocenters. The second kappa shape index (κ2) is 10.6. The number of benzene rings is 2. The van der Waals surface area contributed by atoms with E-state index in [9.17, 15) is 14.4 Å². The molecule has 0 unspecified atom stereocenters. The van der Waals surface area contributed by atoms with Crippen molar-refractivity contribution >= 4 is 17.7 Å². The van der Waals surface area contributed by atoms with Gasteiger partial charge < -0.3 is 20.0 Å². The number of amides is 3. The van der Waals surface area contributed by atoms with Gasteiger partial charge in [-0.15, -0.1) is 0 Å². The molecular formula is C26H27N3O4. The van der Waals surface area contributed by atoms with Crippen LogP contribution in [0.4, 0.5) is 0 Å². The van der Waals surface area contributed by atoms with Crippen molar-refractivity contribution in [1.82, 2.24) is 15.5 Å². The fraction of sp³-hybridized carbons (Fsp3) is 0.269. The molecule has 1 aliphatic rings. The van der Waals surface area contributed by atoms with E-state index in [4.69, 9.17) is 4.42 Å². The monoisotopic (exact) mass is 445 g/mol. The molecule has 0 aliphatic carbocycles. The van der Waals surface area contributed by atoms with Gasteiger partial charge in [-0.2, -0.15) is 0 Å². The van der Waals surface area contributed by atoms with Gasteiger partial charge in [-0.1, -0.05) is 48.5 Å². The second-order valence-electron chi connectivity index (χ2n) is 8.13. The Bertz CT molecular complexity index is 1060. The summed E-state index contributed by atoms with van der Waals surface area (Å²) in [4.78, 5) is 40.1. The first-order chi connectivity index (χ1) is 16.1. The summed E-state index contributed by atoms with van der Waals surface area (Å²) < 4.78 is 5.18. The van der Waals surface area contributed by atoms with Crippen molar-refractivity contribution in [2.75, 3.05) is 13.1 Å². The molecule has 0 saturated carbocycles. The van der Waals surface area contributed by atoms with Crippen molar-refractivity contribution in [3.63, 3.8) is 0 Å². The summed E-state index contributed by atoms with van der Waals surface area (Å²) >= 11 is 0. The van der Waals surface area contributed by atoms with E-state index in [0.717, 1.165) is 5.56 Å². The molecule has 0 spiro atoms. The van der Waals surface area contributed by atoms with E-state index in [2.05, 4.69) is 10.6 Å². The van der Waals surface area contributed by atoms with Gasteiger partial charge in [0.15, 0.2) is 5.76 Å². The third-order valence-electron chi connectivity index (χ3n) is 5.81. The van der Waals surface area contributed by atoms with Gasteiger partial charge in [0.2, 0.25) is 5.91 Å². The number of nitrogens with one attached hydrogen (secondary N) is 2. The van der Waals surface area contributed by atoms with Crippen LogP contribution in [0.15, 0.2) is 83.5 Å². The number of carbonyl (C=O) groups excluding carboxylic acids is 3. The lowest BCUT2D eigenvalue weighted by atomic mass is 10.0. The first kappa shape index (κ1) is 22.3. The molecule has 1 saturated heterocycles. The summed E-state index contributed by atoms with van der Waals surface area (Å²) in [5, 5.41) is 5.89. The molecule has 7 nitrogen and oxygen atoms in total. The smallest absolute Gasteiger partial charge is 0.287 e. The molecule has 1 fully saturated rings. The molecular weight excluding hydrogens is 418 g/mol. The number of furan rings is 1. The number of hydrogen-bond donors (Lipinski definition) is 2. The lowest BCUT2D eigenvalue weighted by Gasteiger charge is -2.34. The number of nitrogens with zero attached hydrogens (tertiary/aromatic N) is 1. The standard InChI is InChI=1S/C26H27N3O4/c30-24(20-10-5-2-6-11-20)27-21-13-15-29(16-14-21)26(32)22(18-19-8-3-1-4-9-19)28-25(31)23-12-7-17-33-23/h1-12,17,21-22H,13-16,18H2,(H,27,30)(H,28,31)/t22-/m1/s1. The Labute approximate surface area is 192 Å². The van der Waals surface area contributed by atoms with Crippen molar-refractivity contribution < 1.29 is 18.8 Å². The highest BCUT2D eigenvalue weighted by Gasteiger charge is 2.30. The average molecular weight is 446 g/mol. The number of carbonyl (C=O) groups is 3. The molecule has 1 aromatic heterocycles. The number of likely N-dealkylation sites (tertiary alicyclic amines) is 1. The lowest BCUT2D eigenvalue weighted by molar-refractivity contribution is -0.134. The van der Waals surface area contributed by atoms with Gasteiger partial charge in [0.25, 0.3) is 11.8 Å². The fourth-order valence-corrected chi connectivity index (χ4v) is 4.01. The van der Waals surface area contributed by atoms with Gasteiger partial charge in [0.05, 0.1) is 6.26 Å². The molecule has 4 rings (SSSR count). The van der Waals surface area contributed by atoms with Crippen LogP contribution in [-0.4, -0.2) is 47.8 Å². The highest BCUT2D eigenvalue weighted by Crippen LogP contribution is 2.15. The number of piperidine rings is 1. The van der Waals surface area contributed by atoms with Gasteiger partial charge in [-0.3, -0.25) is 14.4 Å². The van der Waals surface area contributed by atoms with Gasteiger partial charge in [-0.25, -0.2) is 0 Å². The molecule has 0 bridgehead atoms. The molecule has 33 heavy (non-hydrogen) atoms. The fourth-order valence-electron chi connectivity index (χ4n) is 4.01. The maximum atomic E-state index is 13.4. The molecule has 1 aliphatic heterocycles. The van der Waals surface area contributed by atoms with Crippen LogP contribution in [0.25, 0.3) is 0 Å². The van der Waals surface area contributed by atoms with Gasteiger partial charge in [0, 0.05) is 31.1 Å². The maximum Gasteiger partial charge on any atom is 0.287 e. The minimum atomic E-state index is -0.708. The second-order valence-corrected chi connectivity index (χ2v) is 8.13. The quantitative estimate of drug-likeness (QED) is 0.585. The van der Waals surface area contributed by atoms with E-state index in [1.54, 1.807) is 29.2 Å². The summed E-state index contributed by atoms with van der Waals surface area (Å²) in [5.74, 6) is -0.484. The molecule has 2 aromatic carbocycles. The van der Waals surface area contributed by atoms with Crippen molar-refractivity contribution in [1.29, 1.82) is 0 Å². The van der Waals surface area contributed by atoms with E-state index >= 15 is 0 Å². The zero-order chi connectivity index (χ0) is 23.0. The molecule has 2 heterocycles. The molecule has 0 radical (unpaired) electrons. The Morgan fingerprint density at radius 1 is 0.879 bits per heavy atom. The van der Waals surface area contributed by atoms with Crippen LogP contribution in [0, 0.1) is 0 Å². The van der Waals surface area contributed by atoms with E-state index in [0.29, 0.717) is 37.9 Å². The Balaban J connectivity index is 1.37. The minimum absolute atomic E-state index is 0.00652. The van der Waals surface area contributed by atoms with Crippen molar-refractivity contribution in [2.45, 2.75) is 31.3 Å². The van der Waals surface area contributed by atoms with E-state index in [1.807, 2.05) is 48.5 Å². The minimum Gasteiger partial charge on any atom is -0.459 e. The van der Waals surface area contributed by atoms with Gasteiger partial charge in [-0.05, 0) is 42.7 Å². The predicted molar refractivity (Wildman–Crippen MR) is 124 cm³/mol. The maximum absolute atomic E-state index is 13.4. The third-order valence-corrected chi connectivity index (χ3v) is 5.81.